The van der Waals surface area contributed by atoms with E-state index in [1.54, 1.807) is 0 Å². The van der Waals surface area contributed by atoms with E-state index in [-0.39, 0.29) is 0 Å². The first-order chi connectivity index (χ1) is 4.83. The van der Waals surface area contributed by atoms with Crippen LogP contribution in [0, 0.1) is 0 Å². The van der Waals surface area contributed by atoms with Gasteiger partial charge in [-0.05, 0) is 27.7 Å². The molecule has 11 heavy (non-hydrogen) atoms. The lowest BCUT2D eigenvalue weighted by molar-refractivity contribution is -0.477. The smallest absolute Gasteiger partial charge is 0.198 e. The Bertz CT molecular complexity index is 106. The molecule has 0 aromatic carbocycles. The lowest BCUT2D eigenvalue weighted by atomic mass is 10.3. The number of hydrogen-bond donors (Lipinski definition) is 2. The van der Waals surface area contributed by atoms with Crippen LogP contribution < -0.4 is 0 Å². The Hall–Kier alpha value is -0.200. The standard InChI is InChI=1S/C6H14O5/c1-5(2,10-7)9-6(3,4)11-8/h7-8H,1-4H3. The molecule has 2 N–H and O–H groups in total. The molecule has 0 aliphatic carbocycles. The second-order valence-corrected chi connectivity index (χ2v) is 3.08. The van der Waals surface area contributed by atoms with Gasteiger partial charge in [-0.15, -0.1) is 0 Å². The summed E-state index contributed by atoms with van der Waals surface area (Å²) in [6.07, 6.45) is 0. The van der Waals surface area contributed by atoms with Crippen LogP contribution in [0.5, 0.6) is 0 Å². The van der Waals surface area contributed by atoms with Crippen LogP contribution in [0.3, 0.4) is 0 Å². The van der Waals surface area contributed by atoms with Crippen molar-refractivity contribution in [3.8, 4) is 0 Å². The molecule has 0 bridgehead atoms. The maximum atomic E-state index is 8.29. The first-order valence-corrected chi connectivity index (χ1v) is 3.18. The van der Waals surface area contributed by atoms with Gasteiger partial charge >= 0.3 is 0 Å². The summed E-state index contributed by atoms with van der Waals surface area (Å²) in [5, 5.41) is 16.6. The minimum absolute atomic E-state index is 1.20. The topological polar surface area (TPSA) is 68.2 Å². The fourth-order valence-corrected chi connectivity index (χ4v) is 0.629. The normalized spacial score (nSPS) is 13.6. The Kier molecular flexibility index (Phi) is 3.40. The molecular formula is C6H14O5. The average molecular weight is 166 g/mol. The van der Waals surface area contributed by atoms with Crippen LogP contribution in [-0.4, -0.2) is 22.1 Å². The number of rotatable bonds is 4. The van der Waals surface area contributed by atoms with Crippen LogP contribution in [0.25, 0.3) is 0 Å². The number of ether oxygens (including phenoxy) is 1. The molecule has 0 aliphatic heterocycles. The highest BCUT2D eigenvalue weighted by Gasteiger charge is 2.31. The lowest BCUT2D eigenvalue weighted by Gasteiger charge is -2.30. The molecule has 0 aromatic heterocycles. The van der Waals surface area contributed by atoms with Gasteiger partial charge in [-0.2, -0.15) is 0 Å². The monoisotopic (exact) mass is 166 g/mol. The molecule has 0 rings (SSSR count). The van der Waals surface area contributed by atoms with Crippen LogP contribution in [0.1, 0.15) is 27.7 Å². The van der Waals surface area contributed by atoms with E-state index in [4.69, 9.17) is 15.3 Å². The van der Waals surface area contributed by atoms with Gasteiger partial charge < -0.3 is 4.74 Å². The molecule has 0 spiro atoms. The highest BCUT2D eigenvalue weighted by atomic mass is 17.2. The first kappa shape index (κ1) is 10.8. The number of hydrogen-bond acceptors (Lipinski definition) is 5. The van der Waals surface area contributed by atoms with E-state index in [0.717, 1.165) is 0 Å². The third kappa shape index (κ3) is 4.28. The lowest BCUT2D eigenvalue weighted by Crippen LogP contribution is -2.39. The zero-order valence-electron chi connectivity index (χ0n) is 7.12. The second kappa shape index (κ2) is 3.46. The zero-order chi connectivity index (χ0) is 9.12. The van der Waals surface area contributed by atoms with Crippen molar-refractivity contribution in [1.29, 1.82) is 0 Å². The van der Waals surface area contributed by atoms with E-state index in [2.05, 4.69) is 9.78 Å². The van der Waals surface area contributed by atoms with Gasteiger partial charge in [0, 0.05) is 0 Å². The van der Waals surface area contributed by atoms with Crippen LogP contribution in [0.4, 0.5) is 0 Å². The molecule has 5 heteroatoms. The highest BCUT2D eigenvalue weighted by Crippen LogP contribution is 2.20. The van der Waals surface area contributed by atoms with Crippen LogP contribution in [-0.2, 0) is 14.5 Å². The van der Waals surface area contributed by atoms with Crippen molar-refractivity contribution >= 4 is 0 Å². The first-order valence-electron chi connectivity index (χ1n) is 3.18. The van der Waals surface area contributed by atoms with Crippen molar-refractivity contribution in [2.24, 2.45) is 0 Å². The largest absolute Gasteiger partial charge is 0.314 e. The maximum absolute atomic E-state index is 8.29. The van der Waals surface area contributed by atoms with E-state index in [9.17, 15) is 0 Å². The van der Waals surface area contributed by atoms with Crippen LogP contribution in [0.15, 0.2) is 0 Å². The van der Waals surface area contributed by atoms with E-state index >= 15 is 0 Å². The second-order valence-electron chi connectivity index (χ2n) is 3.08. The minimum Gasteiger partial charge on any atom is -0.314 e. The predicted molar refractivity (Wildman–Crippen MR) is 36.7 cm³/mol. The van der Waals surface area contributed by atoms with Gasteiger partial charge in [-0.1, -0.05) is 0 Å². The van der Waals surface area contributed by atoms with Crippen LogP contribution >= 0.6 is 0 Å². The summed E-state index contributed by atoms with van der Waals surface area (Å²) < 4.78 is 4.98. The van der Waals surface area contributed by atoms with Crippen molar-refractivity contribution in [3.63, 3.8) is 0 Å². The quantitative estimate of drug-likeness (QED) is 0.376. The average Bonchev–Trinajstić information content (AvgIpc) is 1.86. The molecule has 0 radical (unpaired) electrons. The summed E-state index contributed by atoms with van der Waals surface area (Å²) in [5.74, 6) is -2.40. The zero-order valence-corrected chi connectivity index (χ0v) is 7.12. The van der Waals surface area contributed by atoms with Gasteiger partial charge in [0.05, 0.1) is 0 Å². The molecule has 5 nitrogen and oxygen atoms in total. The summed E-state index contributed by atoms with van der Waals surface area (Å²) in [6, 6.07) is 0. The van der Waals surface area contributed by atoms with Crippen molar-refractivity contribution in [2.75, 3.05) is 0 Å². The highest BCUT2D eigenvalue weighted by molar-refractivity contribution is 4.58. The maximum Gasteiger partial charge on any atom is 0.198 e. The summed E-state index contributed by atoms with van der Waals surface area (Å²) in [5.41, 5.74) is 0. The van der Waals surface area contributed by atoms with Crippen molar-refractivity contribution < 1.29 is 25.0 Å². The Balaban J connectivity index is 4.02. The van der Waals surface area contributed by atoms with Gasteiger partial charge in [0.1, 0.15) is 0 Å². The molecule has 0 aromatic rings. The summed E-state index contributed by atoms with van der Waals surface area (Å²) in [6.45, 7) is 5.92. The Morgan fingerprint density at radius 2 is 1.09 bits per heavy atom. The van der Waals surface area contributed by atoms with Gasteiger partial charge in [-0.3, -0.25) is 0 Å². The predicted octanol–water partition coefficient (Wildman–Crippen LogP) is 1.45. The van der Waals surface area contributed by atoms with Crippen molar-refractivity contribution in [2.45, 2.75) is 39.3 Å². The Labute approximate surface area is 65.4 Å². The van der Waals surface area contributed by atoms with Crippen molar-refractivity contribution in [1.82, 2.24) is 0 Å². The van der Waals surface area contributed by atoms with E-state index in [1.165, 1.54) is 27.7 Å². The van der Waals surface area contributed by atoms with Gasteiger partial charge in [0.2, 0.25) is 0 Å². The molecule has 0 atom stereocenters. The fraction of sp³-hybridized carbons (Fsp3) is 1.00. The molecule has 0 saturated carbocycles. The summed E-state index contributed by atoms with van der Waals surface area (Å²) in [7, 11) is 0. The van der Waals surface area contributed by atoms with Gasteiger partial charge in [0.15, 0.2) is 11.6 Å². The summed E-state index contributed by atoms with van der Waals surface area (Å²) >= 11 is 0. The molecule has 0 heterocycles. The third-order valence-corrected chi connectivity index (χ3v) is 0.931. The molecule has 0 amide bonds. The van der Waals surface area contributed by atoms with E-state index in [1.807, 2.05) is 0 Å². The molecule has 0 fully saturated rings. The molecule has 0 saturated heterocycles. The molecular weight excluding hydrogens is 152 g/mol. The Morgan fingerprint density at radius 1 is 0.818 bits per heavy atom. The fourth-order valence-electron chi connectivity index (χ4n) is 0.629. The van der Waals surface area contributed by atoms with E-state index in [0.29, 0.717) is 0 Å². The SMILES string of the molecule is CC(C)(OO)OC(C)(C)OO. The third-order valence-electron chi connectivity index (χ3n) is 0.931. The van der Waals surface area contributed by atoms with Gasteiger partial charge in [-0.25, -0.2) is 20.3 Å². The van der Waals surface area contributed by atoms with E-state index < -0.39 is 11.6 Å². The van der Waals surface area contributed by atoms with Gasteiger partial charge in [0.25, 0.3) is 0 Å². The van der Waals surface area contributed by atoms with Crippen LogP contribution in [0.2, 0.25) is 0 Å². The van der Waals surface area contributed by atoms with Crippen molar-refractivity contribution in [3.05, 3.63) is 0 Å². The summed E-state index contributed by atoms with van der Waals surface area (Å²) in [4.78, 5) is 7.92. The molecule has 68 valence electrons. The Morgan fingerprint density at radius 3 is 1.27 bits per heavy atom. The molecule has 0 aliphatic rings. The minimum atomic E-state index is -1.20. The molecule has 0 unspecified atom stereocenters.